The van der Waals surface area contributed by atoms with Crippen molar-refractivity contribution in [2.24, 2.45) is 0 Å². The van der Waals surface area contributed by atoms with Gasteiger partial charge in [-0.15, -0.1) is 0 Å². The highest BCUT2D eigenvalue weighted by atomic mass is 16.5. The van der Waals surface area contributed by atoms with Gasteiger partial charge in [-0.05, 0) is 18.2 Å². The van der Waals surface area contributed by atoms with E-state index in [4.69, 9.17) is 14.2 Å². The van der Waals surface area contributed by atoms with Crippen LogP contribution in [0.5, 0.6) is 11.5 Å². The van der Waals surface area contributed by atoms with E-state index in [2.05, 4.69) is 10.2 Å². The number of carbonyl (C=O) groups excluding carboxylic acids is 1. The number of para-hydroxylation sites is 1. The highest BCUT2D eigenvalue weighted by molar-refractivity contribution is 5.90. The maximum atomic E-state index is 12.9. The monoisotopic (exact) mass is 400 g/mol. The Kier molecular flexibility index (Phi) is 5.57. The van der Waals surface area contributed by atoms with Gasteiger partial charge in [-0.3, -0.25) is 0 Å². The minimum atomic E-state index is -0.846. The zero-order valence-corrected chi connectivity index (χ0v) is 16.6. The molecule has 1 aromatic heterocycles. The summed E-state index contributed by atoms with van der Waals surface area (Å²) < 4.78 is 17.0. The van der Waals surface area contributed by atoms with Crippen LogP contribution in [0.25, 0.3) is 10.8 Å². The molecule has 0 spiro atoms. The van der Waals surface area contributed by atoms with Crippen LogP contribution in [0.1, 0.15) is 27.7 Å². The lowest BCUT2D eigenvalue weighted by Crippen LogP contribution is -2.16. The van der Waals surface area contributed by atoms with Gasteiger partial charge in [0.15, 0.2) is 17.6 Å². The molecule has 6 nitrogen and oxygen atoms in total. The van der Waals surface area contributed by atoms with Gasteiger partial charge in [0.2, 0.25) is 0 Å². The lowest BCUT2D eigenvalue weighted by atomic mass is 10.00. The van der Waals surface area contributed by atoms with Crippen molar-refractivity contribution >= 4 is 16.7 Å². The average molecular weight is 400 g/mol. The topological polar surface area (TPSA) is 70.5 Å². The molecule has 0 aliphatic rings. The quantitative estimate of drug-likeness (QED) is 0.441. The van der Waals surface area contributed by atoms with Crippen molar-refractivity contribution < 1.29 is 19.0 Å². The van der Waals surface area contributed by atoms with Crippen LogP contribution in [-0.2, 0) is 4.74 Å². The molecule has 30 heavy (non-hydrogen) atoms. The van der Waals surface area contributed by atoms with E-state index < -0.39 is 12.1 Å². The Morgan fingerprint density at radius 2 is 1.63 bits per heavy atom. The Morgan fingerprint density at radius 3 is 2.40 bits per heavy atom. The number of benzene rings is 3. The van der Waals surface area contributed by atoms with Gasteiger partial charge in [0.1, 0.15) is 5.69 Å². The summed E-state index contributed by atoms with van der Waals surface area (Å²) in [5.41, 5.74) is 1.58. The molecule has 1 atom stereocenters. The maximum absolute atomic E-state index is 12.9. The average Bonchev–Trinajstić information content (AvgIpc) is 2.82. The third-order valence-electron chi connectivity index (χ3n) is 4.80. The van der Waals surface area contributed by atoms with Crippen LogP contribution < -0.4 is 9.47 Å². The zero-order valence-electron chi connectivity index (χ0n) is 16.6. The first kappa shape index (κ1) is 19.4. The lowest BCUT2D eigenvalue weighted by Gasteiger charge is -2.22. The van der Waals surface area contributed by atoms with Gasteiger partial charge >= 0.3 is 5.97 Å². The summed E-state index contributed by atoms with van der Waals surface area (Å²) >= 11 is 0. The van der Waals surface area contributed by atoms with E-state index in [-0.39, 0.29) is 0 Å². The summed E-state index contributed by atoms with van der Waals surface area (Å²) in [6.07, 6.45) is 0.832. The molecular formula is C24H20N2O4. The molecule has 4 aromatic rings. The first-order valence-electron chi connectivity index (χ1n) is 9.40. The number of rotatable bonds is 6. The fourth-order valence-corrected chi connectivity index (χ4v) is 3.38. The summed E-state index contributed by atoms with van der Waals surface area (Å²) in [6.45, 7) is 0. The summed E-state index contributed by atoms with van der Waals surface area (Å²) in [6, 6.07) is 22.0. The Labute approximate surface area is 174 Å². The van der Waals surface area contributed by atoms with E-state index in [0.717, 1.165) is 10.8 Å². The number of carbonyl (C=O) groups is 1. The van der Waals surface area contributed by atoms with Crippen molar-refractivity contribution in [3.05, 3.63) is 95.8 Å². The van der Waals surface area contributed by atoms with E-state index in [1.807, 2.05) is 42.5 Å². The SMILES string of the molecule is COc1cccc(C(OC(=O)c2ccccc2)c2nncc3ccccc23)c1OC. The molecule has 150 valence electrons. The molecule has 6 heteroatoms. The standard InChI is InChI=1S/C24H20N2O4/c1-28-20-14-8-13-19(22(20)29-2)23(30-24(27)16-9-4-3-5-10-16)21-18-12-7-6-11-17(18)15-25-26-21/h3-15,23H,1-2H3. The molecule has 1 unspecified atom stereocenters. The molecule has 1 heterocycles. The molecule has 0 aliphatic carbocycles. The van der Waals surface area contributed by atoms with Crippen LogP contribution in [0.15, 0.2) is 79.0 Å². The predicted molar refractivity (Wildman–Crippen MR) is 113 cm³/mol. The van der Waals surface area contributed by atoms with Crippen LogP contribution in [0.4, 0.5) is 0 Å². The molecule has 0 radical (unpaired) electrons. The van der Waals surface area contributed by atoms with Crippen molar-refractivity contribution in [1.82, 2.24) is 10.2 Å². The van der Waals surface area contributed by atoms with Crippen molar-refractivity contribution in [2.45, 2.75) is 6.10 Å². The van der Waals surface area contributed by atoms with Crippen molar-refractivity contribution in [1.29, 1.82) is 0 Å². The third kappa shape index (κ3) is 3.67. The Balaban J connectivity index is 1.89. The number of fused-ring (bicyclic) bond motifs is 1. The molecular weight excluding hydrogens is 380 g/mol. The zero-order chi connectivity index (χ0) is 20.9. The summed E-state index contributed by atoms with van der Waals surface area (Å²) in [5.74, 6) is 0.532. The van der Waals surface area contributed by atoms with E-state index in [1.54, 1.807) is 50.7 Å². The van der Waals surface area contributed by atoms with Gasteiger partial charge in [0.25, 0.3) is 0 Å². The fourth-order valence-electron chi connectivity index (χ4n) is 3.38. The second-order valence-electron chi connectivity index (χ2n) is 6.55. The number of hydrogen-bond donors (Lipinski definition) is 0. The summed E-state index contributed by atoms with van der Waals surface area (Å²) in [7, 11) is 3.11. The first-order chi connectivity index (χ1) is 14.7. The second kappa shape index (κ2) is 8.61. The molecule has 0 saturated heterocycles. The molecule has 0 N–H and O–H groups in total. The molecule has 0 aliphatic heterocycles. The van der Waals surface area contributed by atoms with Gasteiger partial charge in [-0.25, -0.2) is 4.79 Å². The van der Waals surface area contributed by atoms with Crippen molar-refractivity contribution in [3.8, 4) is 11.5 Å². The normalized spacial score (nSPS) is 11.7. The van der Waals surface area contributed by atoms with Gasteiger partial charge in [0, 0.05) is 16.3 Å². The predicted octanol–water partition coefficient (Wildman–Crippen LogP) is 4.59. The minimum Gasteiger partial charge on any atom is -0.493 e. The van der Waals surface area contributed by atoms with Gasteiger partial charge in [-0.2, -0.15) is 10.2 Å². The van der Waals surface area contributed by atoms with E-state index in [9.17, 15) is 4.79 Å². The molecule has 3 aromatic carbocycles. The third-order valence-corrected chi connectivity index (χ3v) is 4.80. The van der Waals surface area contributed by atoms with Gasteiger partial charge < -0.3 is 14.2 Å². The Bertz CT molecular complexity index is 1170. The van der Waals surface area contributed by atoms with Crippen LogP contribution in [0, 0.1) is 0 Å². The van der Waals surface area contributed by atoms with Crippen LogP contribution in [0.2, 0.25) is 0 Å². The van der Waals surface area contributed by atoms with Gasteiger partial charge in [0.05, 0.1) is 26.0 Å². The van der Waals surface area contributed by atoms with Crippen LogP contribution in [0.3, 0.4) is 0 Å². The van der Waals surface area contributed by atoms with E-state index in [1.165, 1.54) is 0 Å². The highest BCUT2D eigenvalue weighted by Gasteiger charge is 2.28. The van der Waals surface area contributed by atoms with E-state index >= 15 is 0 Å². The highest BCUT2D eigenvalue weighted by Crippen LogP contribution is 2.40. The lowest BCUT2D eigenvalue weighted by molar-refractivity contribution is 0.0367. The largest absolute Gasteiger partial charge is 0.493 e. The van der Waals surface area contributed by atoms with Crippen LogP contribution >= 0.6 is 0 Å². The number of hydrogen-bond acceptors (Lipinski definition) is 6. The summed E-state index contributed by atoms with van der Waals surface area (Å²) in [4.78, 5) is 12.9. The van der Waals surface area contributed by atoms with Crippen molar-refractivity contribution in [3.63, 3.8) is 0 Å². The second-order valence-corrected chi connectivity index (χ2v) is 6.55. The van der Waals surface area contributed by atoms with Crippen molar-refractivity contribution in [2.75, 3.05) is 14.2 Å². The number of aromatic nitrogens is 2. The number of nitrogens with zero attached hydrogens (tertiary/aromatic N) is 2. The number of ether oxygens (including phenoxy) is 3. The molecule has 0 bridgehead atoms. The fraction of sp³-hybridized carbons (Fsp3) is 0.125. The van der Waals surface area contributed by atoms with E-state index in [0.29, 0.717) is 28.3 Å². The first-order valence-corrected chi connectivity index (χ1v) is 9.40. The van der Waals surface area contributed by atoms with Gasteiger partial charge in [-0.1, -0.05) is 54.6 Å². The Morgan fingerprint density at radius 1 is 0.867 bits per heavy atom. The van der Waals surface area contributed by atoms with Crippen LogP contribution in [-0.4, -0.2) is 30.4 Å². The number of esters is 1. The Hall–Kier alpha value is -3.93. The smallest absolute Gasteiger partial charge is 0.339 e. The minimum absolute atomic E-state index is 0.442. The molecule has 0 amide bonds. The molecule has 0 fully saturated rings. The molecule has 0 saturated carbocycles. The summed E-state index contributed by atoms with van der Waals surface area (Å²) in [5, 5.41) is 10.2. The molecule has 4 rings (SSSR count). The number of methoxy groups -OCH3 is 2. The maximum Gasteiger partial charge on any atom is 0.339 e.